The van der Waals surface area contributed by atoms with Crippen molar-refractivity contribution >= 4 is 31.9 Å². The van der Waals surface area contributed by atoms with E-state index < -0.39 is 6.10 Å². The van der Waals surface area contributed by atoms with Gasteiger partial charge in [0, 0.05) is 25.4 Å². The first-order valence-corrected chi connectivity index (χ1v) is 7.33. The first-order valence-electron chi connectivity index (χ1n) is 5.74. The van der Waals surface area contributed by atoms with Gasteiger partial charge in [0.2, 0.25) is 0 Å². The highest BCUT2D eigenvalue weighted by Crippen LogP contribution is 2.30. The third-order valence-electron chi connectivity index (χ3n) is 2.63. The predicted molar refractivity (Wildman–Crippen MR) is 75.3 cm³/mol. The summed E-state index contributed by atoms with van der Waals surface area (Å²) < 4.78 is 8.85. The molecule has 0 aliphatic rings. The van der Waals surface area contributed by atoms with Crippen LogP contribution in [0.15, 0.2) is 32.0 Å². The Balaban J connectivity index is 2.10. The predicted octanol–water partition coefficient (Wildman–Crippen LogP) is 3.69. The van der Waals surface area contributed by atoms with Gasteiger partial charge >= 0.3 is 0 Å². The molecular weight excluding hydrogens is 364 g/mol. The number of nitrogens with zero attached hydrogens (tertiary/aromatic N) is 2. The van der Waals surface area contributed by atoms with Gasteiger partial charge in [0.25, 0.3) is 0 Å². The van der Waals surface area contributed by atoms with E-state index >= 15 is 0 Å². The van der Waals surface area contributed by atoms with E-state index in [1.165, 1.54) is 0 Å². The summed E-state index contributed by atoms with van der Waals surface area (Å²) in [5.74, 6) is 1.40. The van der Waals surface area contributed by atoms with Crippen LogP contribution in [-0.4, -0.2) is 14.7 Å². The topological polar surface area (TPSA) is 51.2 Å². The van der Waals surface area contributed by atoms with E-state index in [4.69, 9.17) is 4.42 Å². The first-order chi connectivity index (χ1) is 8.61. The van der Waals surface area contributed by atoms with Crippen molar-refractivity contribution < 1.29 is 9.52 Å². The van der Waals surface area contributed by atoms with Gasteiger partial charge in [0.05, 0.1) is 4.47 Å². The first kappa shape index (κ1) is 13.8. The van der Waals surface area contributed by atoms with E-state index in [1.807, 2.05) is 6.20 Å². The number of furan rings is 1. The van der Waals surface area contributed by atoms with Crippen LogP contribution in [0.5, 0.6) is 0 Å². The highest BCUT2D eigenvalue weighted by molar-refractivity contribution is 9.13. The summed E-state index contributed by atoms with van der Waals surface area (Å²) in [4.78, 5) is 4.27. The maximum Gasteiger partial charge on any atom is 0.183 e. The normalized spacial score (nSPS) is 12.9. The summed E-state index contributed by atoms with van der Waals surface area (Å²) in [6.07, 6.45) is 4.48. The number of aromatic nitrogens is 2. The Labute approximate surface area is 122 Å². The molecule has 98 valence electrons. The van der Waals surface area contributed by atoms with Crippen LogP contribution in [0, 0.1) is 0 Å². The Hall–Kier alpha value is -0.590. The fraction of sp³-hybridized carbons (Fsp3) is 0.417. The molecule has 2 aromatic heterocycles. The average molecular weight is 378 g/mol. The molecule has 4 nitrogen and oxygen atoms in total. The molecule has 2 rings (SSSR count). The van der Waals surface area contributed by atoms with Crippen molar-refractivity contribution in [2.75, 3.05) is 0 Å². The minimum Gasteiger partial charge on any atom is -0.450 e. The Morgan fingerprint density at radius 1 is 1.50 bits per heavy atom. The average Bonchev–Trinajstić information content (AvgIpc) is 2.88. The highest BCUT2D eigenvalue weighted by Gasteiger charge is 2.17. The second kappa shape index (κ2) is 6.04. The van der Waals surface area contributed by atoms with Crippen molar-refractivity contribution in [2.45, 2.75) is 32.4 Å². The van der Waals surface area contributed by atoms with Crippen LogP contribution in [0.2, 0.25) is 0 Å². The van der Waals surface area contributed by atoms with Crippen LogP contribution < -0.4 is 0 Å². The number of rotatable bonds is 5. The van der Waals surface area contributed by atoms with Gasteiger partial charge in [-0.15, -0.1) is 0 Å². The van der Waals surface area contributed by atoms with Gasteiger partial charge < -0.3 is 14.1 Å². The molecule has 0 aromatic carbocycles. The third kappa shape index (κ3) is 3.05. The van der Waals surface area contributed by atoms with Crippen LogP contribution in [0.4, 0.5) is 0 Å². The summed E-state index contributed by atoms with van der Waals surface area (Å²) in [7, 11) is 0. The smallest absolute Gasteiger partial charge is 0.183 e. The van der Waals surface area contributed by atoms with E-state index in [0.717, 1.165) is 23.3 Å². The fourth-order valence-corrected chi connectivity index (χ4v) is 2.38. The lowest BCUT2D eigenvalue weighted by Gasteiger charge is -2.09. The van der Waals surface area contributed by atoms with Crippen molar-refractivity contribution in [3.8, 4) is 0 Å². The molecule has 1 N–H and O–H groups in total. The van der Waals surface area contributed by atoms with E-state index in [0.29, 0.717) is 16.9 Å². The van der Waals surface area contributed by atoms with Crippen LogP contribution in [0.25, 0.3) is 0 Å². The summed E-state index contributed by atoms with van der Waals surface area (Å²) in [6.45, 7) is 3.02. The summed E-state index contributed by atoms with van der Waals surface area (Å²) in [6, 6.07) is 1.77. The van der Waals surface area contributed by atoms with Crippen LogP contribution in [0.1, 0.15) is 31.0 Å². The highest BCUT2D eigenvalue weighted by atomic mass is 79.9. The lowest BCUT2D eigenvalue weighted by Crippen LogP contribution is -2.08. The molecule has 0 spiro atoms. The Morgan fingerprint density at radius 2 is 2.28 bits per heavy atom. The summed E-state index contributed by atoms with van der Waals surface area (Å²) in [5.41, 5.74) is 0. The molecule has 0 aliphatic carbocycles. The van der Waals surface area contributed by atoms with Gasteiger partial charge in [-0.25, -0.2) is 4.98 Å². The maximum atomic E-state index is 10.1. The molecule has 0 saturated carbocycles. The molecule has 18 heavy (non-hydrogen) atoms. The van der Waals surface area contributed by atoms with Crippen molar-refractivity contribution in [2.24, 2.45) is 0 Å². The zero-order chi connectivity index (χ0) is 13.1. The lowest BCUT2D eigenvalue weighted by molar-refractivity contribution is 0.145. The van der Waals surface area contributed by atoms with Crippen molar-refractivity contribution in [3.05, 3.63) is 39.2 Å². The van der Waals surface area contributed by atoms with Gasteiger partial charge in [0.15, 0.2) is 4.67 Å². The molecule has 2 aromatic rings. The van der Waals surface area contributed by atoms with E-state index in [-0.39, 0.29) is 0 Å². The number of halogens is 2. The van der Waals surface area contributed by atoms with E-state index in [9.17, 15) is 5.11 Å². The molecule has 0 fully saturated rings. The second-order valence-electron chi connectivity index (χ2n) is 4.03. The van der Waals surface area contributed by atoms with Crippen LogP contribution in [0.3, 0.4) is 0 Å². The van der Waals surface area contributed by atoms with Gasteiger partial charge in [0.1, 0.15) is 17.7 Å². The standard InChI is InChI=1S/C12H14Br2N2O2/c1-2-4-16-5-3-15-11(16)7-9(17)10-6-8(13)12(14)18-10/h3,5-6,9,17H,2,4,7H2,1H3. The monoisotopic (exact) mass is 376 g/mol. The lowest BCUT2D eigenvalue weighted by atomic mass is 10.2. The zero-order valence-electron chi connectivity index (χ0n) is 9.94. The van der Waals surface area contributed by atoms with Crippen LogP contribution >= 0.6 is 31.9 Å². The molecule has 0 aliphatic heterocycles. The number of aryl methyl sites for hydroxylation is 1. The van der Waals surface area contributed by atoms with Crippen molar-refractivity contribution in [1.29, 1.82) is 0 Å². The van der Waals surface area contributed by atoms with Crippen LogP contribution in [-0.2, 0) is 13.0 Å². The Morgan fingerprint density at radius 3 is 2.89 bits per heavy atom. The molecule has 1 unspecified atom stereocenters. The van der Waals surface area contributed by atoms with E-state index in [2.05, 4.69) is 48.3 Å². The molecule has 2 heterocycles. The number of aliphatic hydroxyl groups excluding tert-OH is 1. The number of imidazole rings is 1. The molecular formula is C12H14Br2N2O2. The zero-order valence-corrected chi connectivity index (χ0v) is 13.1. The number of hydrogen-bond donors (Lipinski definition) is 1. The Kier molecular flexibility index (Phi) is 4.64. The third-order valence-corrected chi connectivity index (χ3v) is 4.34. The quantitative estimate of drug-likeness (QED) is 0.864. The molecule has 0 bridgehead atoms. The van der Waals surface area contributed by atoms with E-state index in [1.54, 1.807) is 12.3 Å². The summed E-state index contributed by atoms with van der Waals surface area (Å²) in [5, 5.41) is 10.1. The van der Waals surface area contributed by atoms with Crippen molar-refractivity contribution in [1.82, 2.24) is 9.55 Å². The van der Waals surface area contributed by atoms with Gasteiger partial charge in [-0.2, -0.15) is 0 Å². The maximum absolute atomic E-state index is 10.1. The SMILES string of the molecule is CCCn1ccnc1CC(O)c1cc(Br)c(Br)o1. The second-order valence-corrected chi connectivity index (χ2v) is 5.60. The number of hydrogen-bond acceptors (Lipinski definition) is 3. The van der Waals surface area contributed by atoms with Crippen molar-refractivity contribution in [3.63, 3.8) is 0 Å². The molecule has 1 atom stereocenters. The molecule has 0 saturated heterocycles. The molecule has 6 heteroatoms. The number of aliphatic hydroxyl groups is 1. The molecule has 0 amide bonds. The largest absolute Gasteiger partial charge is 0.450 e. The summed E-state index contributed by atoms with van der Waals surface area (Å²) >= 11 is 6.59. The van der Waals surface area contributed by atoms with Gasteiger partial charge in [-0.1, -0.05) is 6.92 Å². The Bertz CT molecular complexity index is 502. The molecule has 0 radical (unpaired) electrons. The van der Waals surface area contributed by atoms with Gasteiger partial charge in [-0.3, -0.25) is 0 Å². The fourth-order valence-electron chi connectivity index (χ4n) is 1.78. The minimum absolute atomic E-state index is 0.444. The van der Waals surface area contributed by atoms with Gasteiger partial charge in [-0.05, 0) is 44.3 Å². The minimum atomic E-state index is -0.689.